The highest BCUT2D eigenvalue weighted by atomic mass is 32.1. The molecule has 0 amide bonds. The number of hydrogen-bond acceptors (Lipinski definition) is 4. The highest BCUT2D eigenvalue weighted by Crippen LogP contribution is 2.28. The van der Waals surface area contributed by atoms with Gasteiger partial charge in [0.25, 0.3) is 0 Å². The molecule has 0 bridgehead atoms. The summed E-state index contributed by atoms with van der Waals surface area (Å²) in [6.07, 6.45) is 3.32. The van der Waals surface area contributed by atoms with Crippen molar-refractivity contribution in [2.24, 2.45) is 5.10 Å². The fraction of sp³-hybridized carbons (Fsp3) is 0.158. The quantitative estimate of drug-likeness (QED) is 0.321. The normalized spacial score (nSPS) is 10.4. The van der Waals surface area contributed by atoms with Crippen molar-refractivity contribution in [1.82, 2.24) is 10.7 Å². The summed E-state index contributed by atoms with van der Waals surface area (Å²) in [5.74, 6) is 0.885. The molecule has 0 aliphatic carbocycles. The van der Waals surface area contributed by atoms with E-state index >= 15 is 0 Å². The molecular weight excluding hydrogens is 353 g/mol. The van der Waals surface area contributed by atoms with Crippen LogP contribution in [0.5, 0.6) is 11.5 Å². The number of halogens is 1. The third kappa shape index (κ3) is 6.18. The van der Waals surface area contributed by atoms with Gasteiger partial charge in [-0.15, -0.1) is 6.58 Å². The van der Waals surface area contributed by atoms with E-state index in [-0.39, 0.29) is 5.82 Å². The zero-order valence-electron chi connectivity index (χ0n) is 14.4. The number of hydrogen-bond donors (Lipinski definition) is 2. The van der Waals surface area contributed by atoms with Crippen LogP contribution in [0.25, 0.3) is 0 Å². The Morgan fingerprint density at radius 3 is 2.69 bits per heavy atom. The second-order valence-corrected chi connectivity index (χ2v) is 5.60. The monoisotopic (exact) mass is 373 g/mol. The van der Waals surface area contributed by atoms with E-state index in [1.54, 1.807) is 43.7 Å². The second-order valence-electron chi connectivity index (χ2n) is 5.19. The molecule has 0 radical (unpaired) electrons. The number of ether oxygens (including phenoxy) is 2. The van der Waals surface area contributed by atoms with Gasteiger partial charge in [0.15, 0.2) is 16.6 Å². The first-order chi connectivity index (χ1) is 12.6. The lowest BCUT2D eigenvalue weighted by Crippen LogP contribution is -2.31. The molecule has 0 saturated heterocycles. The van der Waals surface area contributed by atoms with Crippen LogP contribution in [-0.2, 0) is 6.61 Å². The summed E-state index contributed by atoms with van der Waals surface area (Å²) in [7, 11) is 1.56. The molecule has 2 aromatic carbocycles. The molecule has 0 aromatic heterocycles. The third-order valence-corrected chi connectivity index (χ3v) is 3.52. The molecule has 5 nitrogen and oxygen atoms in total. The van der Waals surface area contributed by atoms with Gasteiger partial charge < -0.3 is 14.8 Å². The first-order valence-corrected chi connectivity index (χ1v) is 8.26. The molecule has 2 N–H and O–H groups in total. The highest BCUT2D eigenvalue weighted by Gasteiger charge is 2.06. The lowest BCUT2D eigenvalue weighted by atomic mass is 10.2. The van der Waals surface area contributed by atoms with E-state index in [2.05, 4.69) is 22.4 Å². The minimum absolute atomic E-state index is 0.275. The van der Waals surface area contributed by atoms with Crippen molar-refractivity contribution in [2.45, 2.75) is 6.61 Å². The zero-order chi connectivity index (χ0) is 18.8. The Morgan fingerprint density at radius 1 is 1.23 bits per heavy atom. The molecule has 0 unspecified atom stereocenters. The van der Waals surface area contributed by atoms with E-state index in [1.807, 2.05) is 6.07 Å². The lowest BCUT2D eigenvalue weighted by molar-refractivity contribution is 0.284. The minimum atomic E-state index is -0.275. The summed E-state index contributed by atoms with van der Waals surface area (Å²) in [5, 5.41) is 7.37. The molecule has 0 aliphatic heterocycles. The molecule has 136 valence electrons. The van der Waals surface area contributed by atoms with E-state index in [4.69, 9.17) is 21.7 Å². The molecule has 26 heavy (non-hydrogen) atoms. The van der Waals surface area contributed by atoms with Gasteiger partial charge in [-0.1, -0.05) is 18.2 Å². The van der Waals surface area contributed by atoms with Crippen LogP contribution in [0.1, 0.15) is 11.1 Å². The van der Waals surface area contributed by atoms with E-state index < -0.39 is 0 Å². The van der Waals surface area contributed by atoms with Gasteiger partial charge in [0, 0.05) is 6.54 Å². The van der Waals surface area contributed by atoms with Crippen molar-refractivity contribution >= 4 is 23.5 Å². The molecule has 2 aromatic rings. The average Bonchev–Trinajstić information content (AvgIpc) is 2.66. The van der Waals surface area contributed by atoms with Crippen LogP contribution in [0.15, 0.2) is 60.2 Å². The first-order valence-electron chi connectivity index (χ1n) is 7.85. The molecule has 2 rings (SSSR count). The van der Waals surface area contributed by atoms with Crippen LogP contribution in [0.3, 0.4) is 0 Å². The number of hydrazone groups is 1. The first kappa shape index (κ1) is 19.4. The standard InChI is InChI=1S/C19H20FN3O2S/c1-3-10-21-19(26)23-22-12-15-6-9-17(18(11-15)24-2)25-13-14-4-7-16(20)8-5-14/h3-9,11-12H,1,10,13H2,2H3,(H2,21,23,26). The number of benzene rings is 2. The smallest absolute Gasteiger partial charge is 0.187 e. The van der Waals surface area contributed by atoms with Crippen molar-refractivity contribution in [1.29, 1.82) is 0 Å². The summed E-state index contributed by atoms with van der Waals surface area (Å²) in [4.78, 5) is 0. The van der Waals surface area contributed by atoms with Crippen molar-refractivity contribution in [2.75, 3.05) is 13.7 Å². The van der Waals surface area contributed by atoms with E-state index in [9.17, 15) is 4.39 Å². The van der Waals surface area contributed by atoms with Gasteiger partial charge in [-0.3, -0.25) is 5.43 Å². The van der Waals surface area contributed by atoms with Crippen LogP contribution in [0.2, 0.25) is 0 Å². The van der Waals surface area contributed by atoms with Crippen molar-refractivity contribution < 1.29 is 13.9 Å². The highest BCUT2D eigenvalue weighted by molar-refractivity contribution is 7.80. The molecule has 0 fully saturated rings. The SMILES string of the molecule is C=CCNC(=S)NN=Cc1ccc(OCc2ccc(F)cc2)c(OC)c1. The summed E-state index contributed by atoms with van der Waals surface area (Å²) in [5.41, 5.74) is 4.39. The molecule has 0 spiro atoms. The Morgan fingerprint density at radius 2 is 2.00 bits per heavy atom. The third-order valence-electron chi connectivity index (χ3n) is 3.28. The maximum absolute atomic E-state index is 12.9. The van der Waals surface area contributed by atoms with Crippen LogP contribution in [-0.4, -0.2) is 25.0 Å². The summed E-state index contributed by atoms with van der Waals surface area (Å²) >= 11 is 5.04. The molecule has 0 aliphatic rings. The Labute approximate surface area is 157 Å². The molecule has 0 atom stereocenters. The Hall–Kier alpha value is -2.93. The fourth-order valence-corrected chi connectivity index (χ4v) is 2.13. The number of thiocarbonyl (C=S) groups is 1. The van der Waals surface area contributed by atoms with Crippen LogP contribution in [0.4, 0.5) is 4.39 Å². The molecule has 0 heterocycles. The van der Waals surface area contributed by atoms with E-state index in [1.165, 1.54) is 12.1 Å². The minimum Gasteiger partial charge on any atom is -0.493 e. The van der Waals surface area contributed by atoms with Gasteiger partial charge in [-0.25, -0.2) is 4.39 Å². The fourth-order valence-electron chi connectivity index (χ4n) is 2.00. The average molecular weight is 373 g/mol. The van der Waals surface area contributed by atoms with Crippen molar-refractivity contribution in [3.8, 4) is 11.5 Å². The summed E-state index contributed by atoms with van der Waals surface area (Å²) in [6.45, 7) is 4.47. The van der Waals surface area contributed by atoms with Gasteiger partial charge in [0.1, 0.15) is 12.4 Å². The Bertz CT molecular complexity index is 779. The topological polar surface area (TPSA) is 54.9 Å². The van der Waals surface area contributed by atoms with Crippen LogP contribution < -0.4 is 20.2 Å². The second kappa shape index (κ2) is 10.1. The van der Waals surface area contributed by atoms with Gasteiger partial charge >= 0.3 is 0 Å². The molecule has 7 heteroatoms. The van der Waals surface area contributed by atoms with Crippen molar-refractivity contribution in [3.63, 3.8) is 0 Å². The summed E-state index contributed by atoms with van der Waals surface area (Å²) in [6, 6.07) is 11.6. The van der Waals surface area contributed by atoms with Gasteiger partial charge in [0.2, 0.25) is 0 Å². The van der Waals surface area contributed by atoms with Crippen LogP contribution >= 0.6 is 12.2 Å². The van der Waals surface area contributed by atoms with E-state index in [0.717, 1.165) is 11.1 Å². The number of nitrogens with zero attached hydrogens (tertiary/aromatic N) is 1. The molecule has 0 saturated carbocycles. The predicted molar refractivity (Wildman–Crippen MR) is 105 cm³/mol. The Balaban J connectivity index is 1.96. The Kier molecular flexibility index (Phi) is 7.57. The summed E-state index contributed by atoms with van der Waals surface area (Å²) < 4.78 is 24.0. The van der Waals surface area contributed by atoms with Gasteiger partial charge in [-0.2, -0.15) is 5.10 Å². The number of rotatable bonds is 8. The number of nitrogens with one attached hydrogen (secondary N) is 2. The van der Waals surface area contributed by atoms with Gasteiger partial charge in [0.05, 0.1) is 13.3 Å². The molecular formula is C19H20FN3O2S. The largest absolute Gasteiger partial charge is 0.493 e. The van der Waals surface area contributed by atoms with Gasteiger partial charge in [-0.05, 0) is 53.7 Å². The lowest BCUT2D eigenvalue weighted by Gasteiger charge is -2.11. The van der Waals surface area contributed by atoms with E-state index in [0.29, 0.717) is 29.8 Å². The maximum Gasteiger partial charge on any atom is 0.187 e. The van der Waals surface area contributed by atoms with Crippen LogP contribution in [0, 0.1) is 5.82 Å². The predicted octanol–water partition coefficient (Wildman–Crippen LogP) is 3.40. The maximum atomic E-state index is 12.9. The zero-order valence-corrected chi connectivity index (χ0v) is 15.2. The van der Waals surface area contributed by atoms with Crippen molar-refractivity contribution in [3.05, 3.63) is 72.1 Å². The number of methoxy groups -OCH3 is 1.